The Bertz CT molecular complexity index is 973. The van der Waals surface area contributed by atoms with Crippen molar-refractivity contribution >= 4 is 17.9 Å². The molecule has 0 fully saturated rings. The first-order valence-electron chi connectivity index (χ1n) is 26.3. The molecule has 352 valence electrons. The molecule has 0 rings (SSSR count). The van der Waals surface area contributed by atoms with Crippen molar-refractivity contribution in [3.63, 3.8) is 0 Å². The van der Waals surface area contributed by atoms with Gasteiger partial charge in [0.25, 0.3) is 0 Å². The van der Waals surface area contributed by atoms with E-state index < -0.39 is 6.10 Å². The Morgan fingerprint density at radius 1 is 0.317 bits per heavy atom. The van der Waals surface area contributed by atoms with Crippen LogP contribution in [0.3, 0.4) is 0 Å². The van der Waals surface area contributed by atoms with Gasteiger partial charge in [0.1, 0.15) is 13.2 Å². The second-order valence-corrected chi connectivity index (χ2v) is 17.8. The van der Waals surface area contributed by atoms with Crippen molar-refractivity contribution in [2.75, 3.05) is 13.2 Å². The predicted molar refractivity (Wildman–Crippen MR) is 256 cm³/mol. The van der Waals surface area contributed by atoms with E-state index >= 15 is 0 Å². The topological polar surface area (TPSA) is 78.9 Å². The summed E-state index contributed by atoms with van der Waals surface area (Å²) < 4.78 is 16.7. The minimum absolute atomic E-state index is 0.0936. The van der Waals surface area contributed by atoms with Gasteiger partial charge in [-0.15, -0.1) is 0 Å². The molecule has 60 heavy (non-hydrogen) atoms. The van der Waals surface area contributed by atoms with Crippen LogP contribution in [0.15, 0.2) is 24.3 Å². The van der Waals surface area contributed by atoms with Gasteiger partial charge in [-0.25, -0.2) is 0 Å². The molecular weight excluding hydrogens is 745 g/mol. The van der Waals surface area contributed by atoms with E-state index in [1.807, 2.05) is 0 Å². The zero-order valence-corrected chi connectivity index (χ0v) is 40.2. The molecule has 0 aromatic rings. The van der Waals surface area contributed by atoms with Crippen LogP contribution in [-0.4, -0.2) is 37.2 Å². The van der Waals surface area contributed by atoms with E-state index in [9.17, 15) is 14.4 Å². The molecule has 0 aromatic heterocycles. The fraction of sp³-hybridized carbons (Fsp3) is 0.870. The summed E-state index contributed by atoms with van der Waals surface area (Å²) in [7, 11) is 0. The van der Waals surface area contributed by atoms with Crippen molar-refractivity contribution in [2.24, 2.45) is 0 Å². The van der Waals surface area contributed by atoms with Gasteiger partial charge in [0, 0.05) is 19.3 Å². The molecular formula is C54H100O6. The Morgan fingerprint density at radius 3 is 0.933 bits per heavy atom. The van der Waals surface area contributed by atoms with E-state index in [0.717, 1.165) is 32.1 Å². The van der Waals surface area contributed by atoms with E-state index in [0.29, 0.717) is 19.3 Å². The van der Waals surface area contributed by atoms with Crippen molar-refractivity contribution < 1.29 is 28.6 Å². The Hall–Kier alpha value is -2.11. The molecule has 0 aliphatic rings. The van der Waals surface area contributed by atoms with Gasteiger partial charge in [-0.3, -0.25) is 14.4 Å². The largest absolute Gasteiger partial charge is 0.462 e. The molecule has 1 atom stereocenters. The first-order chi connectivity index (χ1) is 29.5. The molecule has 0 saturated carbocycles. The number of hydrogen-bond acceptors (Lipinski definition) is 6. The third kappa shape index (κ3) is 46.9. The highest BCUT2D eigenvalue weighted by molar-refractivity contribution is 5.71. The van der Waals surface area contributed by atoms with Crippen LogP contribution in [0.5, 0.6) is 0 Å². The zero-order chi connectivity index (χ0) is 43.7. The van der Waals surface area contributed by atoms with Gasteiger partial charge in [0.15, 0.2) is 6.10 Å². The van der Waals surface area contributed by atoms with E-state index in [1.54, 1.807) is 0 Å². The fourth-order valence-electron chi connectivity index (χ4n) is 7.71. The number of ether oxygens (including phenoxy) is 3. The van der Waals surface area contributed by atoms with Gasteiger partial charge in [0.2, 0.25) is 0 Å². The third-order valence-electron chi connectivity index (χ3n) is 11.7. The van der Waals surface area contributed by atoms with E-state index in [1.165, 1.54) is 199 Å². The first-order valence-corrected chi connectivity index (χ1v) is 26.3. The van der Waals surface area contributed by atoms with E-state index in [-0.39, 0.29) is 44.0 Å². The van der Waals surface area contributed by atoms with Crippen LogP contribution in [0.2, 0.25) is 0 Å². The first kappa shape index (κ1) is 57.9. The highest BCUT2D eigenvalue weighted by Crippen LogP contribution is 2.16. The Morgan fingerprint density at radius 2 is 0.583 bits per heavy atom. The zero-order valence-electron chi connectivity index (χ0n) is 40.2. The maximum absolute atomic E-state index is 12.8. The second kappa shape index (κ2) is 49.5. The maximum atomic E-state index is 12.8. The van der Waals surface area contributed by atoms with Gasteiger partial charge < -0.3 is 14.2 Å². The molecule has 0 N–H and O–H groups in total. The monoisotopic (exact) mass is 845 g/mol. The van der Waals surface area contributed by atoms with Crippen LogP contribution in [0, 0.1) is 0 Å². The van der Waals surface area contributed by atoms with Crippen LogP contribution in [-0.2, 0) is 28.6 Å². The number of carbonyl (C=O) groups is 3. The molecule has 0 spiro atoms. The lowest BCUT2D eigenvalue weighted by Crippen LogP contribution is -2.30. The SMILES string of the molecule is CCCCCCCCCCCCC/C=C\CCC(=O)OCC(COC(=O)CCCCCCCCCCCCCC)OC(=O)CC/C=C\CCCCCCCCCCCCC. The molecule has 0 aliphatic carbocycles. The smallest absolute Gasteiger partial charge is 0.306 e. The molecule has 1 unspecified atom stereocenters. The minimum Gasteiger partial charge on any atom is -0.462 e. The quantitative estimate of drug-likeness (QED) is 0.0263. The molecule has 0 aromatic carbocycles. The van der Waals surface area contributed by atoms with Crippen molar-refractivity contribution in [2.45, 2.75) is 290 Å². The van der Waals surface area contributed by atoms with Gasteiger partial charge in [-0.05, 0) is 44.9 Å². The van der Waals surface area contributed by atoms with Crippen molar-refractivity contribution in [1.29, 1.82) is 0 Å². The Labute approximate surface area is 373 Å². The van der Waals surface area contributed by atoms with Crippen LogP contribution in [0.25, 0.3) is 0 Å². The number of hydrogen-bond donors (Lipinski definition) is 0. The summed E-state index contributed by atoms with van der Waals surface area (Å²) in [5, 5.41) is 0. The molecule has 6 nitrogen and oxygen atoms in total. The fourth-order valence-corrected chi connectivity index (χ4v) is 7.71. The highest BCUT2D eigenvalue weighted by atomic mass is 16.6. The number of esters is 3. The second-order valence-electron chi connectivity index (χ2n) is 17.8. The lowest BCUT2D eigenvalue weighted by atomic mass is 10.0. The summed E-state index contributed by atoms with van der Waals surface area (Å²) in [4.78, 5) is 37.9. The lowest BCUT2D eigenvalue weighted by molar-refractivity contribution is -0.166. The van der Waals surface area contributed by atoms with Crippen LogP contribution in [0.4, 0.5) is 0 Å². The van der Waals surface area contributed by atoms with Crippen molar-refractivity contribution in [1.82, 2.24) is 0 Å². The molecule has 0 heterocycles. The standard InChI is InChI=1S/C54H100O6/c1-4-7-10-13-16-19-22-25-27-29-32-35-38-41-44-47-53(56)59-50-51(49-58-52(55)46-43-40-37-34-31-24-21-18-15-12-9-6-3)60-54(57)48-45-42-39-36-33-30-28-26-23-20-17-14-11-8-5-2/h38-39,41-42,51H,4-37,40,43-50H2,1-3H3/b41-38-,42-39-. The van der Waals surface area contributed by atoms with Crippen LogP contribution < -0.4 is 0 Å². The molecule has 0 bridgehead atoms. The minimum atomic E-state index is -0.802. The summed E-state index contributed by atoms with van der Waals surface area (Å²) in [5.74, 6) is -0.982. The normalized spacial score (nSPS) is 12.1. The van der Waals surface area contributed by atoms with Gasteiger partial charge >= 0.3 is 17.9 Å². The average Bonchev–Trinajstić information content (AvgIpc) is 3.24. The molecule has 0 amide bonds. The predicted octanol–water partition coefficient (Wildman–Crippen LogP) is 17.2. The Balaban J connectivity index is 4.40. The van der Waals surface area contributed by atoms with Crippen LogP contribution in [0.1, 0.15) is 284 Å². The summed E-state index contributed by atoms with van der Waals surface area (Å²) in [6, 6.07) is 0. The third-order valence-corrected chi connectivity index (χ3v) is 11.7. The van der Waals surface area contributed by atoms with Crippen molar-refractivity contribution in [3.8, 4) is 0 Å². The highest BCUT2D eigenvalue weighted by Gasteiger charge is 2.19. The van der Waals surface area contributed by atoms with E-state index in [2.05, 4.69) is 45.1 Å². The Kier molecular flexibility index (Phi) is 47.8. The molecule has 0 radical (unpaired) electrons. The van der Waals surface area contributed by atoms with Crippen molar-refractivity contribution in [3.05, 3.63) is 24.3 Å². The maximum Gasteiger partial charge on any atom is 0.306 e. The summed E-state index contributed by atoms with van der Waals surface area (Å²) >= 11 is 0. The van der Waals surface area contributed by atoms with Crippen LogP contribution >= 0.6 is 0 Å². The summed E-state index contributed by atoms with van der Waals surface area (Å²) in [6.45, 7) is 6.60. The summed E-state index contributed by atoms with van der Waals surface area (Å²) in [6.07, 6.45) is 56.1. The number of carbonyl (C=O) groups excluding carboxylic acids is 3. The summed E-state index contributed by atoms with van der Waals surface area (Å²) in [5.41, 5.74) is 0. The number of allylic oxidation sites excluding steroid dienone is 4. The van der Waals surface area contributed by atoms with E-state index in [4.69, 9.17) is 14.2 Å². The van der Waals surface area contributed by atoms with Gasteiger partial charge in [-0.2, -0.15) is 0 Å². The molecule has 6 heteroatoms. The lowest BCUT2D eigenvalue weighted by Gasteiger charge is -2.18. The van der Waals surface area contributed by atoms with Gasteiger partial charge in [0.05, 0.1) is 0 Å². The van der Waals surface area contributed by atoms with Gasteiger partial charge in [-0.1, -0.05) is 244 Å². The average molecular weight is 845 g/mol. The molecule has 0 saturated heterocycles. The number of rotatable bonds is 48. The number of unbranched alkanes of at least 4 members (excludes halogenated alkanes) is 33. The molecule has 0 aliphatic heterocycles.